The molecule has 1 heterocycles. The zero-order valence-electron chi connectivity index (χ0n) is 9.42. The Morgan fingerprint density at radius 1 is 1.06 bits per heavy atom. The molecule has 0 N–H and O–H groups in total. The van der Waals surface area contributed by atoms with Crippen LogP contribution >= 0.6 is 0 Å². The predicted octanol–water partition coefficient (Wildman–Crippen LogP) is 4.21. The molecule has 2 aromatic rings. The summed E-state index contributed by atoms with van der Waals surface area (Å²) < 4.78 is 51.4. The number of hydrogen-bond acceptors (Lipinski definition) is 1. The Morgan fingerprint density at radius 3 is 2.39 bits per heavy atom. The lowest BCUT2D eigenvalue weighted by Crippen LogP contribution is -2.08. The third kappa shape index (κ3) is 2.50. The van der Waals surface area contributed by atoms with Gasteiger partial charge in [0.15, 0.2) is 0 Å². The lowest BCUT2D eigenvalue weighted by atomic mass is 10.0. The van der Waals surface area contributed by atoms with E-state index in [1.165, 1.54) is 6.07 Å². The van der Waals surface area contributed by atoms with Gasteiger partial charge in [-0.25, -0.2) is 4.39 Å². The highest BCUT2D eigenvalue weighted by Gasteiger charge is 2.34. The standard InChI is InChI=1S/C13H9F4N/c1-8-3-2-4-12(18-8)10-6-5-9(14)7-11(10)13(15,16)17/h2-7H,1H3. The van der Waals surface area contributed by atoms with Gasteiger partial charge in [-0.15, -0.1) is 0 Å². The Morgan fingerprint density at radius 2 is 1.78 bits per heavy atom. The van der Waals surface area contributed by atoms with Crippen LogP contribution in [0.25, 0.3) is 11.3 Å². The van der Waals surface area contributed by atoms with E-state index in [-0.39, 0.29) is 11.3 Å². The molecule has 1 nitrogen and oxygen atoms in total. The van der Waals surface area contributed by atoms with E-state index in [0.717, 1.165) is 12.1 Å². The largest absolute Gasteiger partial charge is 0.417 e. The van der Waals surface area contributed by atoms with E-state index < -0.39 is 17.6 Å². The summed E-state index contributed by atoms with van der Waals surface area (Å²) >= 11 is 0. The Kier molecular flexibility index (Phi) is 3.07. The van der Waals surface area contributed by atoms with Crippen LogP contribution < -0.4 is 0 Å². The number of halogens is 4. The van der Waals surface area contributed by atoms with Crippen LogP contribution in [0.2, 0.25) is 0 Å². The number of aryl methyl sites for hydroxylation is 1. The summed E-state index contributed by atoms with van der Waals surface area (Å²) in [5.74, 6) is -0.918. The van der Waals surface area contributed by atoms with Crippen LogP contribution in [0.5, 0.6) is 0 Å². The Labute approximate surface area is 101 Å². The molecular weight excluding hydrogens is 246 g/mol. The molecule has 94 valence electrons. The van der Waals surface area contributed by atoms with Gasteiger partial charge in [-0.2, -0.15) is 13.2 Å². The number of benzene rings is 1. The summed E-state index contributed by atoms with van der Waals surface area (Å²) in [7, 11) is 0. The molecule has 0 atom stereocenters. The summed E-state index contributed by atoms with van der Waals surface area (Å²) in [6, 6.07) is 7.34. The van der Waals surface area contributed by atoms with Gasteiger partial charge >= 0.3 is 6.18 Å². The number of hydrogen-bond donors (Lipinski definition) is 0. The monoisotopic (exact) mass is 255 g/mol. The van der Waals surface area contributed by atoms with Crippen LogP contribution in [-0.2, 0) is 6.18 Å². The van der Waals surface area contributed by atoms with Gasteiger partial charge in [0, 0.05) is 11.3 Å². The van der Waals surface area contributed by atoms with Gasteiger partial charge in [0.2, 0.25) is 0 Å². The molecule has 1 aromatic heterocycles. The molecule has 1 aromatic carbocycles. The molecular formula is C13H9F4N. The van der Waals surface area contributed by atoms with E-state index in [2.05, 4.69) is 4.98 Å². The summed E-state index contributed by atoms with van der Waals surface area (Å²) in [6.07, 6.45) is -4.61. The second-order valence-corrected chi connectivity index (χ2v) is 3.85. The number of nitrogens with zero attached hydrogens (tertiary/aromatic N) is 1. The van der Waals surface area contributed by atoms with E-state index in [1.54, 1.807) is 19.1 Å². The summed E-state index contributed by atoms with van der Waals surface area (Å²) in [5, 5.41) is 0. The van der Waals surface area contributed by atoms with Crippen molar-refractivity contribution in [2.24, 2.45) is 0 Å². The van der Waals surface area contributed by atoms with Crippen molar-refractivity contribution < 1.29 is 17.6 Å². The van der Waals surface area contributed by atoms with E-state index in [0.29, 0.717) is 11.8 Å². The smallest absolute Gasteiger partial charge is 0.253 e. The highest BCUT2D eigenvalue weighted by atomic mass is 19.4. The first-order chi connectivity index (χ1) is 8.38. The van der Waals surface area contributed by atoms with Gasteiger partial charge in [0.25, 0.3) is 0 Å². The Hall–Kier alpha value is -1.91. The van der Waals surface area contributed by atoms with Crippen molar-refractivity contribution in [1.82, 2.24) is 4.98 Å². The molecule has 0 amide bonds. The molecule has 0 saturated carbocycles. The molecule has 0 unspecified atom stereocenters. The van der Waals surface area contributed by atoms with Crippen molar-refractivity contribution in [2.45, 2.75) is 13.1 Å². The van der Waals surface area contributed by atoms with Crippen LogP contribution in [0, 0.1) is 12.7 Å². The van der Waals surface area contributed by atoms with Crippen molar-refractivity contribution in [1.29, 1.82) is 0 Å². The van der Waals surface area contributed by atoms with E-state index in [4.69, 9.17) is 0 Å². The van der Waals surface area contributed by atoms with Gasteiger partial charge in [0.05, 0.1) is 11.3 Å². The predicted molar refractivity (Wildman–Crippen MR) is 59.4 cm³/mol. The average Bonchev–Trinajstić information content (AvgIpc) is 2.27. The van der Waals surface area contributed by atoms with Gasteiger partial charge in [-0.3, -0.25) is 4.98 Å². The maximum absolute atomic E-state index is 13.0. The average molecular weight is 255 g/mol. The number of pyridine rings is 1. The lowest BCUT2D eigenvalue weighted by molar-refractivity contribution is -0.137. The highest BCUT2D eigenvalue weighted by Crippen LogP contribution is 2.36. The molecule has 0 aliphatic heterocycles. The molecule has 2 rings (SSSR count). The number of alkyl halides is 3. The van der Waals surface area contributed by atoms with Gasteiger partial charge in [-0.05, 0) is 37.3 Å². The molecule has 0 saturated heterocycles. The highest BCUT2D eigenvalue weighted by molar-refractivity contribution is 5.64. The maximum atomic E-state index is 13.0. The van der Waals surface area contributed by atoms with Gasteiger partial charge in [0.1, 0.15) is 5.82 Å². The number of aromatic nitrogens is 1. The maximum Gasteiger partial charge on any atom is 0.417 e. The summed E-state index contributed by atoms with van der Waals surface area (Å²) in [5.41, 5.74) is -0.347. The second kappa shape index (κ2) is 4.40. The van der Waals surface area contributed by atoms with Gasteiger partial charge in [-0.1, -0.05) is 6.07 Å². The van der Waals surface area contributed by atoms with Crippen LogP contribution in [0.3, 0.4) is 0 Å². The SMILES string of the molecule is Cc1cccc(-c2ccc(F)cc2C(F)(F)F)n1. The first-order valence-corrected chi connectivity index (χ1v) is 5.19. The zero-order valence-corrected chi connectivity index (χ0v) is 9.42. The van der Waals surface area contributed by atoms with Crippen molar-refractivity contribution in [2.75, 3.05) is 0 Å². The fourth-order valence-corrected chi connectivity index (χ4v) is 1.67. The Balaban J connectivity index is 2.64. The minimum Gasteiger partial charge on any atom is -0.253 e. The normalized spacial score (nSPS) is 11.6. The summed E-state index contributed by atoms with van der Waals surface area (Å²) in [4.78, 5) is 4.02. The van der Waals surface area contributed by atoms with Crippen molar-refractivity contribution in [3.05, 3.63) is 53.5 Å². The van der Waals surface area contributed by atoms with E-state index >= 15 is 0 Å². The first-order valence-electron chi connectivity index (χ1n) is 5.19. The third-order valence-corrected chi connectivity index (χ3v) is 2.45. The molecule has 0 aliphatic carbocycles. The molecule has 0 spiro atoms. The molecule has 0 aliphatic rings. The quantitative estimate of drug-likeness (QED) is 0.695. The van der Waals surface area contributed by atoms with Crippen LogP contribution in [0.1, 0.15) is 11.3 Å². The third-order valence-electron chi connectivity index (χ3n) is 2.45. The van der Waals surface area contributed by atoms with E-state index in [9.17, 15) is 17.6 Å². The van der Waals surface area contributed by atoms with Crippen molar-refractivity contribution >= 4 is 0 Å². The second-order valence-electron chi connectivity index (χ2n) is 3.85. The van der Waals surface area contributed by atoms with E-state index in [1.807, 2.05) is 0 Å². The van der Waals surface area contributed by atoms with Crippen molar-refractivity contribution in [3.63, 3.8) is 0 Å². The fourth-order valence-electron chi connectivity index (χ4n) is 1.67. The topological polar surface area (TPSA) is 12.9 Å². The Bertz CT molecular complexity index is 575. The van der Waals surface area contributed by atoms with Crippen LogP contribution in [0.15, 0.2) is 36.4 Å². The van der Waals surface area contributed by atoms with Crippen LogP contribution in [0.4, 0.5) is 17.6 Å². The van der Waals surface area contributed by atoms with Crippen LogP contribution in [-0.4, -0.2) is 4.98 Å². The first kappa shape index (κ1) is 12.5. The van der Waals surface area contributed by atoms with Gasteiger partial charge < -0.3 is 0 Å². The minimum atomic E-state index is -4.61. The molecule has 0 fully saturated rings. The fraction of sp³-hybridized carbons (Fsp3) is 0.154. The molecule has 18 heavy (non-hydrogen) atoms. The summed E-state index contributed by atoms with van der Waals surface area (Å²) in [6.45, 7) is 1.68. The zero-order chi connectivity index (χ0) is 13.3. The minimum absolute atomic E-state index is 0.118. The number of rotatable bonds is 1. The molecule has 0 bridgehead atoms. The molecule has 0 radical (unpaired) electrons. The van der Waals surface area contributed by atoms with Crippen molar-refractivity contribution in [3.8, 4) is 11.3 Å². The lowest BCUT2D eigenvalue weighted by Gasteiger charge is -2.12. The molecule has 5 heteroatoms.